The molecule has 0 saturated heterocycles. The molecule has 0 saturated carbocycles. The summed E-state index contributed by atoms with van der Waals surface area (Å²) >= 11 is -1.49. The van der Waals surface area contributed by atoms with Crippen LogP contribution in [0.2, 0.25) is 0 Å². The van der Waals surface area contributed by atoms with E-state index in [2.05, 4.69) is 6.92 Å². The van der Waals surface area contributed by atoms with Crippen molar-refractivity contribution < 1.29 is 7.47 Å². The van der Waals surface area contributed by atoms with Crippen molar-refractivity contribution in [2.75, 3.05) is 6.61 Å². The molecule has 0 aromatic heterocycles. The van der Waals surface area contributed by atoms with Crippen LogP contribution < -0.4 is 0 Å². The van der Waals surface area contributed by atoms with Gasteiger partial charge in [0.25, 0.3) is 0 Å². The van der Waals surface area contributed by atoms with Crippen LogP contribution in [0.25, 0.3) is 0 Å². The van der Waals surface area contributed by atoms with Gasteiger partial charge in [-0.2, -0.15) is 0 Å². The summed E-state index contributed by atoms with van der Waals surface area (Å²) in [6, 6.07) is 0. The van der Waals surface area contributed by atoms with E-state index in [4.69, 9.17) is 3.73 Å². The Morgan fingerprint density at radius 3 is 2.75 bits per heavy atom. The fraction of sp³-hybridized carbons (Fsp3) is 1.00. The molecular weight excluding hydrogens is 167 g/mol. The summed E-state index contributed by atoms with van der Waals surface area (Å²) in [5.41, 5.74) is 0. The van der Waals surface area contributed by atoms with Gasteiger partial charge in [-0.1, -0.05) is 0 Å². The van der Waals surface area contributed by atoms with E-state index < -0.39 is 16.0 Å². The minimum atomic E-state index is -1.49. The number of hydrogen-bond donors (Lipinski definition) is 0. The first-order valence-corrected chi connectivity index (χ1v) is 4.95. The van der Waals surface area contributed by atoms with Gasteiger partial charge in [0, 0.05) is 0 Å². The van der Waals surface area contributed by atoms with Gasteiger partial charge in [-0.25, -0.2) is 0 Å². The molecule has 0 spiro atoms. The van der Waals surface area contributed by atoms with Crippen molar-refractivity contribution in [2.24, 2.45) is 0 Å². The minimum absolute atomic E-state index is 0.706. The quantitative estimate of drug-likeness (QED) is 0.458. The van der Waals surface area contributed by atoms with Crippen molar-refractivity contribution in [3.8, 4) is 0 Å². The van der Waals surface area contributed by atoms with E-state index in [-0.39, 0.29) is 0 Å². The molecule has 0 heterocycles. The van der Waals surface area contributed by atoms with Gasteiger partial charge in [-0.15, -0.1) is 0 Å². The van der Waals surface area contributed by atoms with Gasteiger partial charge in [0.1, 0.15) is 0 Å². The molecule has 0 rings (SSSR count). The normalized spacial score (nSPS) is 11.1. The topological polar surface area (TPSA) is 26.3 Å². The third-order valence-corrected chi connectivity index (χ3v) is 1.71. The predicted molar refractivity (Wildman–Crippen MR) is 34.7 cm³/mol. The molecule has 0 aromatic carbocycles. The van der Waals surface area contributed by atoms with Crippen molar-refractivity contribution in [1.82, 2.24) is 0 Å². The van der Waals surface area contributed by atoms with Gasteiger partial charge < -0.3 is 0 Å². The molecule has 0 N–H and O–H groups in total. The molecule has 2 nitrogen and oxygen atoms in total. The monoisotopic (exact) mass is 180 g/mol. The summed E-state index contributed by atoms with van der Waals surface area (Å²) in [6.45, 7) is 2.84. The molecule has 1 unspecified atom stereocenters. The molecule has 0 aromatic rings. The number of unbranched alkanes of at least 4 members (excludes halogenated alkanes) is 2. The van der Waals surface area contributed by atoms with Crippen LogP contribution in [-0.4, -0.2) is 22.6 Å². The third-order valence-electron chi connectivity index (χ3n) is 0.934. The van der Waals surface area contributed by atoms with E-state index in [1.807, 2.05) is 0 Å². The molecule has 0 bridgehead atoms. The Balaban J connectivity index is 2.62. The van der Waals surface area contributed by atoms with Gasteiger partial charge in [0.15, 0.2) is 0 Å². The molecule has 0 aliphatic rings. The maximum absolute atomic E-state index is 9.83. The Morgan fingerprint density at radius 1 is 1.50 bits per heavy atom. The molecule has 50 valence electrons. The summed E-state index contributed by atoms with van der Waals surface area (Å²) in [4.78, 5) is 0. The van der Waals surface area contributed by atoms with Crippen LogP contribution in [0.3, 0.4) is 0 Å². The van der Waals surface area contributed by atoms with E-state index in [0.29, 0.717) is 6.61 Å². The molecule has 8 heavy (non-hydrogen) atoms. The average Bonchev–Trinajstić information content (AvgIpc) is 1.81. The Kier molecular flexibility index (Phi) is 7.61. The summed E-state index contributed by atoms with van der Waals surface area (Å²) < 4.78 is 14.6. The average molecular weight is 180 g/mol. The second kappa shape index (κ2) is 7.32. The first kappa shape index (κ1) is 8.32. The van der Waals surface area contributed by atoms with Gasteiger partial charge in [0.05, 0.1) is 0 Å². The molecular formula is C5H13AsO2. The van der Waals surface area contributed by atoms with Crippen LogP contribution in [0, 0.1) is 0 Å². The molecule has 0 radical (unpaired) electrons. The van der Waals surface area contributed by atoms with E-state index in [1.165, 1.54) is 12.8 Å². The van der Waals surface area contributed by atoms with Gasteiger partial charge >= 0.3 is 56.3 Å². The molecule has 0 amide bonds. The summed E-state index contributed by atoms with van der Waals surface area (Å²) in [5.74, 6) is 0. The van der Waals surface area contributed by atoms with Gasteiger partial charge in [0.2, 0.25) is 0 Å². The van der Waals surface area contributed by atoms with Crippen molar-refractivity contribution in [2.45, 2.75) is 26.2 Å². The van der Waals surface area contributed by atoms with Crippen LogP contribution >= 0.6 is 0 Å². The van der Waals surface area contributed by atoms with Crippen molar-refractivity contribution in [3.63, 3.8) is 0 Å². The number of rotatable bonds is 5. The zero-order valence-corrected chi connectivity index (χ0v) is 7.64. The molecule has 0 aliphatic carbocycles. The van der Waals surface area contributed by atoms with E-state index >= 15 is 0 Å². The van der Waals surface area contributed by atoms with Crippen molar-refractivity contribution in [3.05, 3.63) is 0 Å². The van der Waals surface area contributed by atoms with Crippen LogP contribution in [0.5, 0.6) is 0 Å². The number of hydrogen-bond acceptors (Lipinski definition) is 2. The van der Waals surface area contributed by atoms with Gasteiger partial charge in [-0.3, -0.25) is 0 Å². The van der Waals surface area contributed by atoms with E-state index in [9.17, 15) is 3.74 Å². The van der Waals surface area contributed by atoms with E-state index in [1.54, 1.807) is 0 Å². The van der Waals surface area contributed by atoms with Crippen molar-refractivity contribution in [1.29, 1.82) is 0 Å². The van der Waals surface area contributed by atoms with Crippen LogP contribution in [0.15, 0.2) is 0 Å². The van der Waals surface area contributed by atoms with Crippen LogP contribution in [-0.2, 0) is 7.47 Å². The standard InChI is InChI=1S/C5H13AsO2/c1-2-3-4-5-8-6-7/h2-6H2,1H3. The first-order chi connectivity index (χ1) is 3.91. The summed E-state index contributed by atoms with van der Waals surface area (Å²) in [7, 11) is 0. The first-order valence-electron chi connectivity index (χ1n) is 2.97. The fourth-order valence-corrected chi connectivity index (χ4v) is 1.04. The molecule has 3 heteroatoms. The zero-order chi connectivity index (χ0) is 6.24. The molecule has 0 aliphatic heterocycles. The SMILES string of the molecule is CCCCCO[AsH2]=O. The third kappa shape index (κ3) is 6.32. The Morgan fingerprint density at radius 2 is 2.25 bits per heavy atom. The zero-order valence-electron chi connectivity index (χ0n) is 5.22. The molecule has 1 atom stereocenters. The summed E-state index contributed by atoms with van der Waals surface area (Å²) in [5, 5.41) is 0. The Hall–Kier alpha value is 0.318. The van der Waals surface area contributed by atoms with Crippen molar-refractivity contribution >= 4 is 16.0 Å². The predicted octanol–water partition coefficient (Wildman–Crippen LogP) is 0.622. The second-order valence-electron chi connectivity index (χ2n) is 1.67. The second-order valence-corrected chi connectivity index (χ2v) is 2.78. The maximum atomic E-state index is 9.83. The molecule has 0 fully saturated rings. The summed E-state index contributed by atoms with van der Waals surface area (Å²) in [6.07, 6.45) is 3.46. The van der Waals surface area contributed by atoms with Crippen LogP contribution in [0.4, 0.5) is 0 Å². The van der Waals surface area contributed by atoms with Crippen LogP contribution in [0.1, 0.15) is 26.2 Å². The van der Waals surface area contributed by atoms with Gasteiger partial charge in [-0.05, 0) is 0 Å². The van der Waals surface area contributed by atoms with E-state index in [0.717, 1.165) is 6.42 Å². The fourth-order valence-electron chi connectivity index (χ4n) is 0.484. The Labute approximate surface area is 56.9 Å². The Bertz CT molecular complexity index is 56.4.